The fraction of sp³-hybridized carbons (Fsp3) is 0.647. The predicted molar refractivity (Wildman–Crippen MR) is 86.0 cm³/mol. The molecule has 0 aromatic carbocycles. The summed E-state index contributed by atoms with van der Waals surface area (Å²) in [4.78, 5) is 14.1. The van der Waals surface area contributed by atoms with Crippen molar-refractivity contribution in [1.82, 2.24) is 5.32 Å². The number of hydrogen-bond donors (Lipinski definition) is 1. The summed E-state index contributed by atoms with van der Waals surface area (Å²) >= 11 is 1.77. The maximum atomic E-state index is 12.7. The highest BCUT2D eigenvalue weighted by atomic mass is 32.1. The number of aryl methyl sites for hydroxylation is 1. The number of nitriles is 1. The van der Waals surface area contributed by atoms with E-state index in [1.54, 1.807) is 11.3 Å². The van der Waals surface area contributed by atoms with E-state index in [0.717, 1.165) is 32.1 Å². The number of nitrogens with zero attached hydrogens (tertiary/aromatic N) is 1. The molecule has 0 bridgehead atoms. The summed E-state index contributed by atoms with van der Waals surface area (Å²) in [6.07, 6.45) is 6.21. The molecule has 2 rings (SSSR count). The number of carbonyl (C=O) groups excluding carboxylic acids is 1. The van der Waals surface area contributed by atoms with Crippen molar-refractivity contribution in [2.45, 2.75) is 64.8 Å². The number of hydrogen-bond acceptors (Lipinski definition) is 3. The van der Waals surface area contributed by atoms with Crippen LogP contribution in [0.5, 0.6) is 0 Å². The van der Waals surface area contributed by atoms with Crippen LogP contribution in [0.2, 0.25) is 0 Å². The number of nitrogens with one attached hydrogen (secondary N) is 1. The maximum Gasteiger partial charge on any atom is 0.240 e. The van der Waals surface area contributed by atoms with Crippen molar-refractivity contribution < 1.29 is 4.79 Å². The molecule has 1 aromatic heterocycles. The summed E-state index contributed by atoms with van der Waals surface area (Å²) in [6.45, 7) is 4.07. The van der Waals surface area contributed by atoms with E-state index < -0.39 is 5.41 Å². The molecule has 1 amide bonds. The zero-order chi connectivity index (χ0) is 15.3. The molecule has 0 saturated heterocycles. The maximum absolute atomic E-state index is 12.7. The van der Waals surface area contributed by atoms with Gasteiger partial charge in [0.1, 0.15) is 5.41 Å². The summed E-state index contributed by atoms with van der Waals surface area (Å²) in [5.41, 5.74) is 0.413. The van der Waals surface area contributed by atoms with Gasteiger partial charge in [-0.25, -0.2) is 0 Å². The van der Waals surface area contributed by atoms with E-state index in [2.05, 4.69) is 22.8 Å². The summed E-state index contributed by atoms with van der Waals surface area (Å²) in [5.74, 6) is -0.0715. The zero-order valence-electron chi connectivity index (χ0n) is 12.9. The Bertz CT molecular complexity index is 523. The van der Waals surface area contributed by atoms with Crippen molar-refractivity contribution >= 4 is 17.2 Å². The molecule has 0 fully saturated rings. The first-order valence-electron chi connectivity index (χ1n) is 7.95. The standard InChI is InChI=1S/C17H24N2OS/c1-3-9-17(12-18,10-4-2)16(20)19-14-6-5-7-15-13(14)8-11-21-15/h8,11,14H,3-7,9-10H2,1-2H3,(H,19,20). The molecule has 1 heterocycles. The summed E-state index contributed by atoms with van der Waals surface area (Å²) in [6, 6.07) is 4.53. The van der Waals surface area contributed by atoms with Gasteiger partial charge < -0.3 is 5.32 Å². The van der Waals surface area contributed by atoms with Crippen LogP contribution in [0, 0.1) is 16.7 Å². The Hall–Kier alpha value is -1.34. The Morgan fingerprint density at radius 2 is 2.19 bits per heavy atom. The second-order valence-electron chi connectivity index (χ2n) is 5.91. The lowest BCUT2D eigenvalue weighted by Gasteiger charge is -2.30. The Morgan fingerprint density at radius 1 is 1.48 bits per heavy atom. The fourth-order valence-corrected chi connectivity index (χ4v) is 4.29. The first-order valence-corrected chi connectivity index (χ1v) is 8.83. The first-order chi connectivity index (χ1) is 10.2. The van der Waals surface area contributed by atoms with E-state index in [1.807, 2.05) is 13.8 Å². The normalized spacial score (nSPS) is 17.9. The highest BCUT2D eigenvalue weighted by Crippen LogP contribution is 2.35. The summed E-state index contributed by atoms with van der Waals surface area (Å²) in [5, 5.41) is 14.9. The van der Waals surface area contributed by atoms with Gasteiger partial charge in [-0.2, -0.15) is 5.26 Å². The number of thiophene rings is 1. The third-order valence-electron chi connectivity index (χ3n) is 4.36. The minimum absolute atomic E-state index is 0.0715. The molecule has 3 nitrogen and oxygen atoms in total. The van der Waals surface area contributed by atoms with Crippen LogP contribution in [-0.4, -0.2) is 5.91 Å². The van der Waals surface area contributed by atoms with Crippen molar-refractivity contribution in [3.8, 4) is 6.07 Å². The molecule has 1 aliphatic rings. The van der Waals surface area contributed by atoms with Gasteiger partial charge >= 0.3 is 0 Å². The van der Waals surface area contributed by atoms with Gasteiger partial charge in [-0.15, -0.1) is 11.3 Å². The van der Waals surface area contributed by atoms with Gasteiger partial charge in [-0.05, 0) is 49.1 Å². The first kappa shape index (κ1) is 16.0. The van der Waals surface area contributed by atoms with Crippen molar-refractivity contribution in [3.05, 3.63) is 21.9 Å². The van der Waals surface area contributed by atoms with E-state index in [4.69, 9.17) is 0 Å². The van der Waals surface area contributed by atoms with Crippen LogP contribution >= 0.6 is 11.3 Å². The molecule has 1 aliphatic carbocycles. The van der Waals surface area contributed by atoms with Gasteiger partial charge in [0.2, 0.25) is 5.91 Å². The molecule has 0 saturated carbocycles. The van der Waals surface area contributed by atoms with Gasteiger partial charge in [0.25, 0.3) is 0 Å². The van der Waals surface area contributed by atoms with Gasteiger partial charge in [0.15, 0.2) is 0 Å². The molecule has 1 atom stereocenters. The average Bonchev–Trinajstić information content (AvgIpc) is 2.96. The molecule has 21 heavy (non-hydrogen) atoms. The molecule has 1 aromatic rings. The zero-order valence-corrected chi connectivity index (χ0v) is 13.8. The van der Waals surface area contributed by atoms with E-state index in [1.165, 1.54) is 10.4 Å². The topological polar surface area (TPSA) is 52.9 Å². The van der Waals surface area contributed by atoms with E-state index >= 15 is 0 Å². The van der Waals surface area contributed by atoms with Gasteiger partial charge in [-0.1, -0.05) is 26.7 Å². The molecule has 0 aliphatic heterocycles. The molecule has 0 radical (unpaired) electrons. The third-order valence-corrected chi connectivity index (χ3v) is 5.36. The van der Waals surface area contributed by atoms with Crippen molar-refractivity contribution in [2.75, 3.05) is 0 Å². The smallest absolute Gasteiger partial charge is 0.240 e. The minimum Gasteiger partial charge on any atom is -0.348 e. The molecule has 1 unspecified atom stereocenters. The number of carbonyl (C=O) groups is 1. The molecule has 114 valence electrons. The van der Waals surface area contributed by atoms with Crippen LogP contribution in [-0.2, 0) is 11.2 Å². The van der Waals surface area contributed by atoms with Crippen LogP contribution in [0.15, 0.2) is 11.4 Å². The Labute approximate surface area is 131 Å². The predicted octanol–water partition coefficient (Wildman–Crippen LogP) is 4.35. The minimum atomic E-state index is -0.850. The Balaban J connectivity index is 2.15. The van der Waals surface area contributed by atoms with Crippen LogP contribution in [0.3, 0.4) is 0 Å². The summed E-state index contributed by atoms with van der Waals surface area (Å²) in [7, 11) is 0. The second kappa shape index (κ2) is 7.09. The lowest BCUT2D eigenvalue weighted by atomic mass is 9.79. The van der Waals surface area contributed by atoms with Crippen LogP contribution < -0.4 is 5.32 Å². The largest absolute Gasteiger partial charge is 0.348 e. The lowest BCUT2D eigenvalue weighted by molar-refractivity contribution is -0.129. The Kier molecular flexibility index (Phi) is 5.41. The highest BCUT2D eigenvalue weighted by molar-refractivity contribution is 7.10. The quantitative estimate of drug-likeness (QED) is 0.849. The second-order valence-corrected chi connectivity index (χ2v) is 6.91. The average molecular weight is 304 g/mol. The van der Waals surface area contributed by atoms with E-state index in [0.29, 0.717) is 12.8 Å². The van der Waals surface area contributed by atoms with Crippen LogP contribution in [0.4, 0.5) is 0 Å². The molecular weight excluding hydrogens is 280 g/mol. The number of amides is 1. The monoisotopic (exact) mass is 304 g/mol. The molecule has 4 heteroatoms. The van der Waals surface area contributed by atoms with Gasteiger partial charge in [-0.3, -0.25) is 4.79 Å². The Morgan fingerprint density at radius 3 is 2.81 bits per heavy atom. The molecule has 1 N–H and O–H groups in total. The third kappa shape index (κ3) is 3.29. The van der Waals surface area contributed by atoms with Crippen molar-refractivity contribution in [2.24, 2.45) is 5.41 Å². The lowest BCUT2D eigenvalue weighted by Crippen LogP contribution is -2.42. The molecular formula is C17H24N2OS. The number of fused-ring (bicyclic) bond motifs is 1. The highest BCUT2D eigenvalue weighted by Gasteiger charge is 2.38. The number of rotatable bonds is 6. The SMILES string of the molecule is CCCC(C#N)(CCC)C(=O)NC1CCCc2sccc21. The molecule has 0 spiro atoms. The van der Waals surface area contributed by atoms with Crippen LogP contribution in [0.25, 0.3) is 0 Å². The fourth-order valence-electron chi connectivity index (χ4n) is 3.30. The van der Waals surface area contributed by atoms with Crippen molar-refractivity contribution in [1.29, 1.82) is 5.26 Å². The van der Waals surface area contributed by atoms with Gasteiger partial charge in [0, 0.05) is 4.88 Å². The van der Waals surface area contributed by atoms with Gasteiger partial charge in [0.05, 0.1) is 12.1 Å². The van der Waals surface area contributed by atoms with E-state index in [9.17, 15) is 10.1 Å². The van der Waals surface area contributed by atoms with Crippen molar-refractivity contribution in [3.63, 3.8) is 0 Å². The van der Waals surface area contributed by atoms with E-state index in [-0.39, 0.29) is 11.9 Å². The van der Waals surface area contributed by atoms with Crippen LogP contribution in [0.1, 0.15) is 68.9 Å². The summed E-state index contributed by atoms with van der Waals surface area (Å²) < 4.78 is 0.